The molecule has 1 aliphatic rings. The van der Waals surface area contributed by atoms with Crippen LogP contribution in [0.5, 0.6) is 0 Å². The topological polar surface area (TPSA) is 57.5 Å². The van der Waals surface area contributed by atoms with E-state index in [4.69, 9.17) is 0 Å². The zero-order chi connectivity index (χ0) is 11.0. The summed E-state index contributed by atoms with van der Waals surface area (Å²) < 4.78 is 11.4. The predicted octanol–water partition coefficient (Wildman–Crippen LogP) is 2.00. The molecule has 82 valence electrons. The van der Waals surface area contributed by atoms with Gasteiger partial charge in [-0.25, -0.2) is 8.82 Å². The van der Waals surface area contributed by atoms with Gasteiger partial charge in [-0.2, -0.15) is 0 Å². The van der Waals surface area contributed by atoms with Crippen molar-refractivity contribution in [1.29, 1.82) is 0 Å². The molecule has 1 saturated heterocycles. The quantitative estimate of drug-likeness (QED) is 0.700. The van der Waals surface area contributed by atoms with Gasteiger partial charge in [-0.3, -0.25) is 9.79 Å². The Labute approximate surface area is 85.0 Å². The Morgan fingerprint density at radius 2 is 1.57 bits per heavy atom. The van der Waals surface area contributed by atoms with E-state index in [2.05, 4.69) is 0 Å². The molecule has 2 N–H and O–H groups in total. The highest BCUT2D eigenvalue weighted by atomic mass is 31.2. The Balaban J connectivity index is 3.20. The molecule has 1 rings (SSSR count). The molecule has 0 aromatic heterocycles. The minimum absolute atomic E-state index is 0.116. The lowest BCUT2D eigenvalue weighted by Crippen LogP contribution is -2.40. The first-order valence-electron chi connectivity index (χ1n) is 4.89. The van der Waals surface area contributed by atoms with E-state index in [-0.39, 0.29) is 4.25 Å². The van der Waals surface area contributed by atoms with Crippen molar-refractivity contribution in [2.24, 2.45) is 0 Å². The highest BCUT2D eigenvalue weighted by Gasteiger charge is 2.50. The first-order valence-corrected chi connectivity index (χ1v) is 6.45. The maximum atomic E-state index is 11.5. The standard InChI is InChI=1S/C9H18NO3P/c1-8(2)9(3)10(14(11,12)13)6-4-5-7-10/h4-7H2,1-3H3,(H-,11,12,13)/p+1. The zero-order valence-electron chi connectivity index (χ0n) is 9.03. The fraction of sp³-hybridized carbons (Fsp3) is 0.778. The maximum absolute atomic E-state index is 11.5. The van der Waals surface area contributed by atoms with E-state index in [1.54, 1.807) is 0 Å². The number of hydrogen-bond acceptors (Lipinski definition) is 1. The van der Waals surface area contributed by atoms with Crippen LogP contribution in [0.2, 0.25) is 0 Å². The van der Waals surface area contributed by atoms with Crippen molar-refractivity contribution in [3.8, 4) is 0 Å². The average Bonchev–Trinajstić information content (AvgIpc) is 2.50. The van der Waals surface area contributed by atoms with Crippen LogP contribution >= 0.6 is 7.75 Å². The van der Waals surface area contributed by atoms with E-state index < -0.39 is 7.75 Å². The van der Waals surface area contributed by atoms with Gasteiger partial charge in [-0.05, 0) is 19.4 Å². The van der Waals surface area contributed by atoms with Crippen molar-refractivity contribution in [3.05, 3.63) is 11.3 Å². The molecule has 14 heavy (non-hydrogen) atoms. The Morgan fingerprint density at radius 1 is 1.14 bits per heavy atom. The number of quaternary nitrogens is 1. The smallest absolute Gasteiger partial charge is 0.278 e. The van der Waals surface area contributed by atoms with Gasteiger partial charge in [0.1, 0.15) is 5.70 Å². The van der Waals surface area contributed by atoms with Crippen molar-refractivity contribution in [1.82, 2.24) is 0 Å². The molecule has 0 saturated carbocycles. The molecule has 1 heterocycles. The van der Waals surface area contributed by atoms with Crippen LogP contribution in [0, 0.1) is 0 Å². The van der Waals surface area contributed by atoms with E-state index in [0.29, 0.717) is 13.1 Å². The minimum Gasteiger partial charge on any atom is -0.278 e. The molecule has 0 spiro atoms. The van der Waals surface area contributed by atoms with Gasteiger partial charge < -0.3 is 0 Å². The second-order valence-electron chi connectivity index (χ2n) is 4.18. The van der Waals surface area contributed by atoms with Gasteiger partial charge >= 0.3 is 7.75 Å². The Hall–Kier alpha value is -0.150. The molecule has 0 bridgehead atoms. The SMILES string of the molecule is CC(C)=C(C)[N+]1(P(=O)(O)O)CCCC1. The first kappa shape index (κ1) is 11.9. The van der Waals surface area contributed by atoms with Gasteiger partial charge in [-0.15, -0.1) is 0 Å². The molecule has 0 amide bonds. The Bertz CT molecular complexity index is 295. The number of allylic oxidation sites excluding steroid dienone is 2. The van der Waals surface area contributed by atoms with Crippen LogP contribution in [-0.2, 0) is 4.57 Å². The summed E-state index contributed by atoms with van der Waals surface area (Å²) in [5.41, 5.74) is 1.84. The number of likely N-dealkylation sites (tertiary alicyclic amines) is 1. The molecule has 0 aromatic carbocycles. The number of rotatable bonds is 2. The van der Waals surface area contributed by atoms with E-state index in [9.17, 15) is 14.4 Å². The van der Waals surface area contributed by atoms with Crippen LogP contribution < -0.4 is 0 Å². The lowest BCUT2D eigenvalue weighted by Gasteiger charge is -2.34. The molecule has 0 aromatic rings. The Kier molecular flexibility index (Phi) is 3.22. The maximum Gasteiger partial charge on any atom is 0.531 e. The third-order valence-electron chi connectivity index (χ3n) is 3.15. The highest BCUT2D eigenvalue weighted by Crippen LogP contribution is 2.54. The van der Waals surface area contributed by atoms with Crippen LogP contribution in [0.3, 0.4) is 0 Å². The largest absolute Gasteiger partial charge is 0.531 e. The van der Waals surface area contributed by atoms with Crippen molar-refractivity contribution in [2.45, 2.75) is 33.6 Å². The summed E-state index contributed by atoms with van der Waals surface area (Å²) in [4.78, 5) is 18.9. The molecular formula is C9H19NO3P+. The van der Waals surface area contributed by atoms with Crippen LogP contribution in [0.1, 0.15) is 33.6 Å². The second-order valence-corrected chi connectivity index (χ2v) is 5.97. The van der Waals surface area contributed by atoms with Crippen molar-refractivity contribution < 1.29 is 18.6 Å². The van der Waals surface area contributed by atoms with Gasteiger partial charge in [0.25, 0.3) is 0 Å². The summed E-state index contributed by atoms with van der Waals surface area (Å²) >= 11 is 0. The van der Waals surface area contributed by atoms with Crippen LogP contribution in [0.15, 0.2) is 11.3 Å². The second kappa shape index (κ2) is 3.78. The summed E-state index contributed by atoms with van der Waals surface area (Å²) in [6, 6.07) is 0. The first-order chi connectivity index (χ1) is 6.31. The van der Waals surface area contributed by atoms with Gasteiger partial charge in [0.05, 0.1) is 13.1 Å². The molecule has 1 fully saturated rings. The summed E-state index contributed by atoms with van der Waals surface area (Å²) in [7, 11) is -4.07. The van der Waals surface area contributed by atoms with Gasteiger partial charge in [0.2, 0.25) is 0 Å². The van der Waals surface area contributed by atoms with E-state index >= 15 is 0 Å². The molecule has 4 nitrogen and oxygen atoms in total. The van der Waals surface area contributed by atoms with Crippen molar-refractivity contribution >= 4 is 7.75 Å². The molecule has 0 aliphatic carbocycles. The zero-order valence-corrected chi connectivity index (χ0v) is 9.92. The lowest BCUT2D eigenvalue weighted by molar-refractivity contribution is -0.771. The minimum atomic E-state index is -4.07. The van der Waals surface area contributed by atoms with Crippen molar-refractivity contribution in [2.75, 3.05) is 13.1 Å². The van der Waals surface area contributed by atoms with E-state index in [0.717, 1.165) is 24.1 Å². The number of nitrogens with zero attached hydrogens (tertiary/aromatic N) is 1. The molecule has 0 atom stereocenters. The normalized spacial score (nSPS) is 20.9. The van der Waals surface area contributed by atoms with E-state index in [1.165, 1.54) is 0 Å². The van der Waals surface area contributed by atoms with Crippen LogP contribution in [0.25, 0.3) is 0 Å². The lowest BCUT2D eigenvalue weighted by atomic mass is 10.2. The summed E-state index contributed by atoms with van der Waals surface area (Å²) in [6.07, 6.45) is 1.80. The fourth-order valence-electron chi connectivity index (χ4n) is 2.07. The molecular weight excluding hydrogens is 201 g/mol. The third kappa shape index (κ3) is 1.80. The van der Waals surface area contributed by atoms with Crippen LogP contribution in [-0.4, -0.2) is 27.1 Å². The average molecular weight is 220 g/mol. The van der Waals surface area contributed by atoms with Crippen molar-refractivity contribution in [3.63, 3.8) is 0 Å². The molecule has 0 radical (unpaired) electrons. The van der Waals surface area contributed by atoms with E-state index in [1.807, 2.05) is 20.8 Å². The van der Waals surface area contributed by atoms with Gasteiger partial charge in [-0.1, -0.05) is 0 Å². The molecule has 5 heteroatoms. The molecule has 1 aliphatic heterocycles. The third-order valence-corrected chi connectivity index (χ3v) is 4.85. The van der Waals surface area contributed by atoms with Gasteiger partial charge in [0, 0.05) is 19.8 Å². The summed E-state index contributed by atoms with van der Waals surface area (Å²) in [5, 5.41) is 0. The highest BCUT2D eigenvalue weighted by molar-refractivity contribution is 7.45. The monoisotopic (exact) mass is 220 g/mol. The predicted molar refractivity (Wildman–Crippen MR) is 55.3 cm³/mol. The summed E-state index contributed by atoms with van der Waals surface area (Å²) in [5.74, 6) is 0. The van der Waals surface area contributed by atoms with Gasteiger partial charge in [0.15, 0.2) is 0 Å². The summed E-state index contributed by atoms with van der Waals surface area (Å²) in [6.45, 7) is 6.79. The van der Waals surface area contributed by atoms with Crippen LogP contribution in [0.4, 0.5) is 0 Å². The fourth-order valence-corrected chi connectivity index (χ4v) is 3.46. The number of hydrogen-bond donors (Lipinski definition) is 2. The Morgan fingerprint density at radius 3 is 1.86 bits per heavy atom. The molecule has 0 unspecified atom stereocenters.